The fraction of sp³-hybridized carbons (Fsp3) is 0.583. The summed E-state index contributed by atoms with van der Waals surface area (Å²) in [7, 11) is 0. The van der Waals surface area contributed by atoms with Crippen molar-refractivity contribution < 1.29 is 23.9 Å². The Morgan fingerprint density at radius 2 is 1.61 bits per heavy atom. The van der Waals surface area contributed by atoms with Gasteiger partial charge in [-0.1, -0.05) is 31.4 Å². The number of carbonyl (C=O) groups excluding carboxylic acids is 4. The lowest BCUT2D eigenvalue weighted by Gasteiger charge is -2.36. The van der Waals surface area contributed by atoms with Crippen molar-refractivity contribution in [3.05, 3.63) is 29.8 Å². The van der Waals surface area contributed by atoms with Crippen LogP contribution in [0.5, 0.6) is 0 Å². The van der Waals surface area contributed by atoms with Gasteiger partial charge in [0.1, 0.15) is 5.78 Å². The molecule has 0 saturated heterocycles. The van der Waals surface area contributed by atoms with Crippen LogP contribution in [-0.4, -0.2) is 36.2 Å². The van der Waals surface area contributed by atoms with E-state index in [0.29, 0.717) is 29.9 Å². The number of ether oxygens (including phenoxy) is 1. The summed E-state index contributed by atoms with van der Waals surface area (Å²) in [6.07, 6.45) is 7.98. The molecule has 3 aliphatic rings. The largest absolute Gasteiger partial charge is 0.455 e. The van der Waals surface area contributed by atoms with Crippen molar-refractivity contribution in [1.29, 1.82) is 0 Å². The maximum Gasteiger partial charge on any atom is 0.309 e. The SMILES string of the molecule is O=C(COC(=O)C1C[C@@H]2CCC[C@@H](C1)C2=O)Nc1ccccc1C(=O)NC1CCCC1. The van der Waals surface area contributed by atoms with Gasteiger partial charge >= 0.3 is 5.97 Å². The van der Waals surface area contributed by atoms with E-state index in [1.165, 1.54) is 0 Å². The van der Waals surface area contributed by atoms with Crippen molar-refractivity contribution in [2.75, 3.05) is 11.9 Å². The van der Waals surface area contributed by atoms with Crippen LogP contribution in [0.25, 0.3) is 0 Å². The van der Waals surface area contributed by atoms with Crippen LogP contribution in [0.4, 0.5) is 5.69 Å². The zero-order valence-corrected chi connectivity index (χ0v) is 17.7. The molecule has 3 fully saturated rings. The third kappa shape index (κ3) is 5.14. The lowest BCUT2D eigenvalue weighted by atomic mass is 9.67. The van der Waals surface area contributed by atoms with Gasteiger partial charge < -0.3 is 15.4 Å². The number of carbonyl (C=O) groups is 4. The fourth-order valence-electron chi connectivity index (χ4n) is 5.24. The average Bonchev–Trinajstić information content (AvgIpc) is 3.25. The number of amides is 2. The molecule has 2 bridgehead atoms. The Hall–Kier alpha value is -2.70. The lowest BCUT2D eigenvalue weighted by Crippen LogP contribution is -2.40. The van der Waals surface area contributed by atoms with Gasteiger partial charge in [0.15, 0.2) is 6.61 Å². The van der Waals surface area contributed by atoms with E-state index in [-0.39, 0.29) is 29.7 Å². The highest BCUT2D eigenvalue weighted by Crippen LogP contribution is 2.40. The molecular weight excluding hydrogens is 396 g/mol. The molecule has 0 aromatic heterocycles. The third-order valence-corrected chi connectivity index (χ3v) is 6.86. The van der Waals surface area contributed by atoms with E-state index < -0.39 is 18.5 Å². The smallest absolute Gasteiger partial charge is 0.309 e. The first-order valence-electron chi connectivity index (χ1n) is 11.4. The summed E-state index contributed by atoms with van der Waals surface area (Å²) in [4.78, 5) is 49.7. The molecule has 1 aromatic rings. The van der Waals surface area contributed by atoms with Crippen LogP contribution >= 0.6 is 0 Å². The molecule has 0 heterocycles. The Labute approximate surface area is 182 Å². The third-order valence-electron chi connectivity index (χ3n) is 6.86. The monoisotopic (exact) mass is 426 g/mol. The van der Waals surface area contributed by atoms with Crippen molar-refractivity contribution in [3.63, 3.8) is 0 Å². The van der Waals surface area contributed by atoms with E-state index in [1.807, 2.05) is 0 Å². The van der Waals surface area contributed by atoms with E-state index in [9.17, 15) is 19.2 Å². The quantitative estimate of drug-likeness (QED) is 0.680. The molecule has 2 N–H and O–H groups in total. The second-order valence-electron chi connectivity index (χ2n) is 9.05. The maximum absolute atomic E-state index is 12.6. The van der Waals surface area contributed by atoms with E-state index in [2.05, 4.69) is 10.6 Å². The van der Waals surface area contributed by atoms with Crippen molar-refractivity contribution in [1.82, 2.24) is 5.32 Å². The highest BCUT2D eigenvalue weighted by atomic mass is 16.5. The minimum Gasteiger partial charge on any atom is -0.455 e. The Bertz CT molecular complexity index is 845. The summed E-state index contributed by atoms with van der Waals surface area (Å²) in [6, 6.07) is 7.01. The van der Waals surface area contributed by atoms with Crippen LogP contribution < -0.4 is 10.6 Å². The molecule has 0 unspecified atom stereocenters. The molecule has 31 heavy (non-hydrogen) atoms. The maximum atomic E-state index is 12.6. The van der Waals surface area contributed by atoms with Crippen LogP contribution in [0, 0.1) is 17.8 Å². The first kappa shape index (κ1) is 21.5. The standard InChI is InChI=1S/C24H30N2O5/c27-21(14-31-24(30)17-12-15-6-5-7-16(13-17)22(15)28)26-20-11-4-3-10-19(20)23(29)25-18-8-1-2-9-18/h3-4,10-11,15-18H,1-2,5-9,12-14H2,(H,25,29)(H,26,27)/t15-,16-/m0/s1. The highest BCUT2D eigenvalue weighted by Gasteiger charge is 2.41. The van der Waals surface area contributed by atoms with Crippen LogP contribution in [0.15, 0.2) is 24.3 Å². The normalized spacial score (nSPS) is 25.7. The van der Waals surface area contributed by atoms with Crippen molar-refractivity contribution >= 4 is 29.3 Å². The van der Waals surface area contributed by atoms with E-state index >= 15 is 0 Å². The van der Waals surface area contributed by atoms with Gasteiger partial charge in [0, 0.05) is 17.9 Å². The summed E-state index contributed by atoms with van der Waals surface area (Å²) in [5.74, 6) is -1.20. The van der Waals surface area contributed by atoms with Crippen molar-refractivity contribution in [2.45, 2.75) is 63.8 Å². The molecule has 7 heteroatoms. The number of ketones is 1. The molecule has 1 aromatic carbocycles. The van der Waals surface area contributed by atoms with Gasteiger partial charge in [-0.2, -0.15) is 0 Å². The number of anilines is 1. The van der Waals surface area contributed by atoms with Gasteiger partial charge in [0.2, 0.25) is 0 Å². The topological polar surface area (TPSA) is 102 Å². The second kappa shape index (κ2) is 9.62. The van der Waals surface area contributed by atoms with E-state index in [4.69, 9.17) is 4.74 Å². The average molecular weight is 427 g/mol. The van der Waals surface area contributed by atoms with Crippen LogP contribution in [0.1, 0.15) is 68.1 Å². The van der Waals surface area contributed by atoms with Gasteiger partial charge in [-0.3, -0.25) is 19.2 Å². The van der Waals surface area contributed by atoms with Crippen LogP contribution in [0.3, 0.4) is 0 Å². The predicted molar refractivity (Wildman–Crippen MR) is 114 cm³/mol. The Kier molecular flexibility index (Phi) is 6.68. The molecule has 4 rings (SSSR count). The molecule has 2 amide bonds. The molecule has 0 aliphatic heterocycles. The number of nitrogens with one attached hydrogen (secondary N) is 2. The van der Waals surface area contributed by atoms with E-state index in [0.717, 1.165) is 44.9 Å². The van der Waals surface area contributed by atoms with Gasteiger partial charge in [-0.05, 0) is 50.7 Å². The molecule has 3 saturated carbocycles. The minimum absolute atomic E-state index is 0.0378. The van der Waals surface area contributed by atoms with E-state index in [1.54, 1.807) is 24.3 Å². The Morgan fingerprint density at radius 3 is 2.32 bits per heavy atom. The highest BCUT2D eigenvalue weighted by molar-refractivity contribution is 6.04. The molecule has 3 aliphatic carbocycles. The molecule has 7 nitrogen and oxygen atoms in total. The number of esters is 1. The molecule has 0 radical (unpaired) electrons. The Balaban J connectivity index is 1.29. The number of fused-ring (bicyclic) bond motifs is 2. The van der Waals surface area contributed by atoms with Crippen LogP contribution in [-0.2, 0) is 19.1 Å². The first-order chi connectivity index (χ1) is 15.0. The molecule has 0 spiro atoms. The second-order valence-corrected chi connectivity index (χ2v) is 9.05. The summed E-state index contributed by atoms with van der Waals surface area (Å²) >= 11 is 0. The summed E-state index contributed by atoms with van der Waals surface area (Å²) in [5.41, 5.74) is 0.796. The van der Waals surface area contributed by atoms with Gasteiger partial charge in [0.05, 0.1) is 17.2 Å². The minimum atomic E-state index is -0.485. The lowest BCUT2D eigenvalue weighted by molar-refractivity contribution is -0.155. The summed E-state index contributed by atoms with van der Waals surface area (Å²) in [5, 5.41) is 5.71. The number of hydrogen-bond donors (Lipinski definition) is 2. The summed E-state index contributed by atoms with van der Waals surface area (Å²) < 4.78 is 5.26. The number of benzene rings is 1. The molecular formula is C24H30N2O5. The Morgan fingerprint density at radius 1 is 0.935 bits per heavy atom. The number of hydrogen-bond acceptors (Lipinski definition) is 5. The zero-order chi connectivity index (χ0) is 21.8. The fourth-order valence-corrected chi connectivity index (χ4v) is 5.24. The predicted octanol–water partition coefficient (Wildman–Crippen LogP) is 3.24. The molecule has 2 atom stereocenters. The summed E-state index contributed by atoms with van der Waals surface area (Å²) in [6.45, 7) is -0.406. The van der Waals surface area contributed by atoms with Crippen LogP contribution in [0.2, 0.25) is 0 Å². The van der Waals surface area contributed by atoms with Crippen molar-refractivity contribution in [3.8, 4) is 0 Å². The number of para-hydroxylation sites is 1. The van der Waals surface area contributed by atoms with Crippen molar-refractivity contribution in [2.24, 2.45) is 17.8 Å². The number of rotatable bonds is 6. The zero-order valence-electron chi connectivity index (χ0n) is 17.7. The van der Waals surface area contributed by atoms with Gasteiger partial charge in [0.25, 0.3) is 11.8 Å². The molecule has 166 valence electrons. The van der Waals surface area contributed by atoms with Gasteiger partial charge in [-0.15, -0.1) is 0 Å². The first-order valence-corrected chi connectivity index (χ1v) is 11.4. The van der Waals surface area contributed by atoms with Gasteiger partial charge in [-0.25, -0.2) is 0 Å². The number of Topliss-reactive ketones (excluding diaryl/α,β-unsaturated/α-hetero) is 1.